The minimum atomic E-state index is 0.409. The van der Waals surface area contributed by atoms with Gasteiger partial charge in [0.15, 0.2) is 0 Å². The van der Waals surface area contributed by atoms with Gasteiger partial charge in [-0.05, 0) is 63.8 Å². The van der Waals surface area contributed by atoms with Gasteiger partial charge >= 0.3 is 0 Å². The van der Waals surface area contributed by atoms with Crippen molar-refractivity contribution in [1.82, 2.24) is 15.1 Å². The van der Waals surface area contributed by atoms with Crippen LogP contribution in [0.15, 0.2) is 48.5 Å². The summed E-state index contributed by atoms with van der Waals surface area (Å²) in [5, 5.41) is 12.9. The smallest absolute Gasteiger partial charge is 0.120 e. The van der Waals surface area contributed by atoms with Crippen LogP contribution in [0, 0.1) is 11.3 Å². The number of nitrogens with one attached hydrogen (secondary N) is 1. The molecule has 1 aliphatic rings. The lowest BCUT2D eigenvalue weighted by Gasteiger charge is -2.33. The van der Waals surface area contributed by atoms with Crippen LogP contribution in [0.2, 0.25) is 0 Å². The number of likely N-dealkylation sites (tertiary alicyclic amines) is 1. The first-order valence-electron chi connectivity index (χ1n) is 10.4. The number of hydrogen-bond acceptors (Lipinski definition) is 5. The second kappa shape index (κ2) is 11.0. The van der Waals surface area contributed by atoms with E-state index in [1.165, 1.54) is 31.5 Å². The Hall–Kier alpha value is -2.39. The summed E-state index contributed by atoms with van der Waals surface area (Å²) in [6.45, 7) is 5.90. The maximum absolute atomic E-state index is 9.21. The summed E-state index contributed by atoms with van der Waals surface area (Å²) < 4.78 is 5.94. The normalized spacial score (nSPS) is 15.4. The van der Waals surface area contributed by atoms with Gasteiger partial charge in [0.25, 0.3) is 0 Å². The number of hydrogen-bond donors (Lipinski definition) is 1. The highest BCUT2D eigenvalue weighted by Gasteiger charge is 2.18. The number of ether oxygens (including phenoxy) is 1. The van der Waals surface area contributed by atoms with Crippen molar-refractivity contribution in [2.45, 2.75) is 32.0 Å². The van der Waals surface area contributed by atoms with Crippen LogP contribution in [-0.4, -0.2) is 56.1 Å². The van der Waals surface area contributed by atoms with E-state index in [1.807, 2.05) is 36.4 Å². The van der Waals surface area contributed by atoms with Crippen molar-refractivity contribution in [3.05, 3.63) is 65.2 Å². The maximum atomic E-state index is 9.21. The van der Waals surface area contributed by atoms with E-state index < -0.39 is 0 Å². The van der Waals surface area contributed by atoms with Gasteiger partial charge in [-0.3, -0.25) is 0 Å². The van der Waals surface area contributed by atoms with E-state index in [1.54, 1.807) is 0 Å². The second-order valence-corrected chi connectivity index (χ2v) is 8.01. The number of benzene rings is 2. The molecule has 5 heteroatoms. The molecule has 5 nitrogen and oxygen atoms in total. The lowest BCUT2D eigenvalue weighted by molar-refractivity contribution is 0.182. The Morgan fingerprint density at radius 1 is 1.14 bits per heavy atom. The molecule has 1 saturated heterocycles. The second-order valence-electron chi connectivity index (χ2n) is 8.01. The predicted octanol–water partition coefficient (Wildman–Crippen LogP) is 3.25. The van der Waals surface area contributed by atoms with E-state index in [0.717, 1.165) is 30.9 Å². The highest BCUT2D eigenvalue weighted by Crippen LogP contribution is 2.17. The summed E-state index contributed by atoms with van der Waals surface area (Å²) >= 11 is 0. The summed E-state index contributed by atoms with van der Waals surface area (Å²) in [4.78, 5) is 4.81. The van der Waals surface area contributed by atoms with Gasteiger partial charge in [0.1, 0.15) is 12.4 Å². The molecule has 0 amide bonds. The zero-order valence-corrected chi connectivity index (χ0v) is 17.6. The number of piperidine rings is 1. The topological polar surface area (TPSA) is 51.5 Å². The van der Waals surface area contributed by atoms with Crippen LogP contribution in [0.5, 0.6) is 5.75 Å². The Balaban J connectivity index is 1.44. The minimum absolute atomic E-state index is 0.409. The Bertz CT molecular complexity index is 807. The molecule has 2 aromatic carbocycles. The average molecular weight is 393 g/mol. The van der Waals surface area contributed by atoms with Crippen molar-refractivity contribution >= 4 is 0 Å². The van der Waals surface area contributed by atoms with Crippen molar-refractivity contribution in [1.29, 1.82) is 5.26 Å². The predicted molar refractivity (Wildman–Crippen MR) is 117 cm³/mol. The van der Waals surface area contributed by atoms with Gasteiger partial charge in [-0.25, -0.2) is 0 Å². The van der Waals surface area contributed by atoms with Crippen molar-refractivity contribution in [3.8, 4) is 11.8 Å². The van der Waals surface area contributed by atoms with Crippen LogP contribution in [0.25, 0.3) is 0 Å². The lowest BCUT2D eigenvalue weighted by atomic mass is 10.0. The van der Waals surface area contributed by atoms with Crippen molar-refractivity contribution < 1.29 is 4.74 Å². The molecule has 3 rings (SSSR count). The molecule has 0 atom stereocenters. The molecule has 1 N–H and O–H groups in total. The molecule has 0 saturated carbocycles. The van der Waals surface area contributed by atoms with Gasteiger partial charge in [0, 0.05) is 31.2 Å². The van der Waals surface area contributed by atoms with Gasteiger partial charge in [-0.1, -0.05) is 30.3 Å². The summed E-state index contributed by atoms with van der Waals surface area (Å²) in [7, 11) is 4.27. The van der Waals surface area contributed by atoms with Crippen molar-refractivity contribution in [2.75, 3.05) is 40.3 Å². The van der Waals surface area contributed by atoms with Gasteiger partial charge in [-0.15, -0.1) is 0 Å². The lowest BCUT2D eigenvalue weighted by Crippen LogP contribution is -2.44. The Morgan fingerprint density at radius 2 is 1.93 bits per heavy atom. The molecular formula is C24H32N4O. The largest absolute Gasteiger partial charge is 0.489 e. The van der Waals surface area contributed by atoms with Gasteiger partial charge in [-0.2, -0.15) is 5.26 Å². The molecule has 0 radical (unpaired) electrons. The van der Waals surface area contributed by atoms with Gasteiger partial charge in [0.05, 0.1) is 11.6 Å². The fraction of sp³-hybridized carbons (Fsp3) is 0.458. The summed E-state index contributed by atoms with van der Waals surface area (Å²) in [6.07, 6.45) is 2.41. The van der Waals surface area contributed by atoms with Crippen LogP contribution < -0.4 is 10.1 Å². The number of nitrogens with zero attached hydrogens (tertiary/aromatic N) is 3. The first-order chi connectivity index (χ1) is 14.1. The van der Waals surface area contributed by atoms with E-state index in [2.05, 4.69) is 47.4 Å². The minimum Gasteiger partial charge on any atom is -0.489 e. The molecule has 0 unspecified atom stereocenters. The fourth-order valence-electron chi connectivity index (χ4n) is 3.63. The van der Waals surface area contributed by atoms with Crippen LogP contribution in [0.4, 0.5) is 0 Å². The molecule has 0 aliphatic carbocycles. The van der Waals surface area contributed by atoms with Crippen molar-refractivity contribution in [3.63, 3.8) is 0 Å². The number of likely N-dealkylation sites (N-methyl/N-ethyl adjacent to an activating group) is 1. The number of nitriles is 1. The van der Waals surface area contributed by atoms with Crippen LogP contribution in [0.1, 0.15) is 29.5 Å². The standard InChI is InChI=1S/C24H32N4O/c1-27(2)14-15-28-12-10-23(11-13-28)26-18-20-6-5-9-24(16-20)29-19-22-8-4-3-7-21(22)17-25/h3-9,16,23,26H,10-15,18-19H2,1-2H3. The maximum Gasteiger partial charge on any atom is 0.120 e. The molecule has 2 aromatic rings. The first-order valence-corrected chi connectivity index (χ1v) is 10.4. The van der Waals surface area contributed by atoms with Gasteiger partial charge < -0.3 is 19.9 Å². The SMILES string of the molecule is CN(C)CCN1CCC(NCc2cccc(OCc3ccccc3C#N)c2)CC1. The van der Waals surface area contributed by atoms with Gasteiger partial charge in [0.2, 0.25) is 0 Å². The quantitative estimate of drug-likeness (QED) is 0.710. The van der Waals surface area contributed by atoms with E-state index >= 15 is 0 Å². The molecule has 0 spiro atoms. The van der Waals surface area contributed by atoms with E-state index in [4.69, 9.17) is 4.74 Å². The molecule has 29 heavy (non-hydrogen) atoms. The van der Waals surface area contributed by atoms with Crippen molar-refractivity contribution in [2.24, 2.45) is 0 Å². The third-order valence-corrected chi connectivity index (χ3v) is 5.48. The molecule has 1 heterocycles. The summed E-state index contributed by atoms with van der Waals surface area (Å²) in [5.41, 5.74) is 2.81. The first kappa shape index (κ1) is 21.3. The average Bonchev–Trinajstić information content (AvgIpc) is 2.76. The van der Waals surface area contributed by atoms with E-state index in [9.17, 15) is 5.26 Å². The van der Waals surface area contributed by atoms with E-state index in [-0.39, 0.29) is 0 Å². The molecule has 1 fully saturated rings. The Kier molecular flexibility index (Phi) is 8.06. The molecule has 1 aliphatic heterocycles. The Morgan fingerprint density at radius 3 is 2.69 bits per heavy atom. The fourth-order valence-corrected chi connectivity index (χ4v) is 3.63. The van der Waals surface area contributed by atoms with E-state index in [0.29, 0.717) is 18.2 Å². The monoisotopic (exact) mass is 392 g/mol. The number of rotatable bonds is 9. The van der Waals surface area contributed by atoms with Crippen LogP contribution in [0.3, 0.4) is 0 Å². The Labute approximate surface area is 174 Å². The molecule has 0 bridgehead atoms. The summed E-state index contributed by atoms with van der Waals surface area (Å²) in [5.74, 6) is 0.843. The molecular weight excluding hydrogens is 360 g/mol. The third kappa shape index (κ3) is 6.86. The summed E-state index contributed by atoms with van der Waals surface area (Å²) in [6, 6.07) is 18.6. The molecule has 154 valence electrons. The zero-order valence-electron chi connectivity index (χ0n) is 17.6. The third-order valence-electron chi connectivity index (χ3n) is 5.48. The van der Waals surface area contributed by atoms with Crippen LogP contribution >= 0.6 is 0 Å². The highest BCUT2D eigenvalue weighted by molar-refractivity contribution is 5.37. The zero-order chi connectivity index (χ0) is 20.5. The van der Waals surface area contributed by atoms with Crippen LogP contribution in [-0.2, 0) is 13.2 Å². The highest BCUT2D eigenvalue weighted by atomic mass is 16.5. The molecule has 0 aromatic heterocycles.